The lowest BCUT2D eigenvalue weighted by Gasteiger charge is -2.40. The summed E-state index contributed by atoms with van der Waals surface area (Å²) >= 11 is 0. The van der Waals surface area contributed by atoms with Crippen molar-refractivity contribution in [2.45, 2.75) is 52.3 Å². The van der Waals surface area contributed by atoms with Crippen molar-refractivity contribution in [3.05, 3.63) is 53.2 Å². The number of ether oxygens (including phenoxy) is 1. The molecule has 24 heteroatoms. The van der Waals surface area contributed by atoms with Crippen molar-refractivity contribution < 1.29 is 13.9 Å². The molecule has 0 radical (unpaired) electrons. The van der Waals surface area contributed by atoms with Crippen LogP contribution in [-0.2, 0) is 20.5 Å². The highest BCUT2D eigenvalue weighted by molar-refractivity contribution is 6.66. The van der Waals surface area contributed by atoms with Crippen molar-refractivity contribution in [1.29, 1.82) is 0 Å². The van der Waals surface area contributed by atoms with E-state index in [1.807, 2.05) is 45.1 Å². The van der Waals surface area contributed by atoms with Crippen LogP contribution in [0.1, 0.15) is 25.3 Å². The van der Waals surface area contributed by atoms with E-state index in [1.54, 1.807) is 21.6 Å². The van der Waals surface area contributed by atoms with Crippen LogP contribution in [0.2, 0.25) is 5.11 Å². The van der Waals surface area contributed by atoms with Crippen molar-refractivity contribution in [3.8, 4) is 22.4 Å². The number of rotatable bonds is 8. The minimum Gasteiger partial charge on any atom is -0.453 e. The van der Waals surface area contributed by atoms with Crippen LogP contribution in [-0.4, -0.2) is 144 Å². The molecule has 0 aliphatic heterocycles. The summed E-state index contributed by atoms with van der Waals surface area (Å²) in [5.74, 6) is -0.606. The second-order valence-corrected chi connectivity index (χ2v) is 18.1. The number of nitrogens with zero attached hydrogens (tertiary/aromatic N) is 7. The van der Waals surface area contributed by atoms with E-state index in [0.717, 1.165) is 22.0 Å². The van der Waals surface area contributed by atoms with Gasteiger partial charge in [-0.2, -0.15) is 9.49 Å². The lowest BCUT2D eigenvalue weighted by atomic mass is 9.26. The molecular weight excluding hydrogens is 660 g/mol. The molecule has 1 aliphatic carbocycles. The van der Waals surface area contributed by atoms with Gasteiger partial charge in [-0.15, -0.1) is 10.2 Å². The molecule has 1 fully saturated rings. The molecule has 0 spiro atoms. The van der Waals surface area contributed by atoms with Gasteiger partial charge in [-0.25, -0.2) is 14.6 Å². The topological polar surface area (TPSA) is 130 Å². The fraction of sp³-hybridized carbons (Fsp3) is 0.345. The van der Waals surface area contributed by atoms with Crippen LogP contribution in [0.5, 0.6) is 0 Å². The molecule has 2 N–H and O–H groups in total. The van der Waals surface area contributed by atoms with Gasteiger partial charge < -0.3 is 19.6 Å². The Bertz CT molecular complexity index is 2490. The second kappa shape index (κ2) is 12.4. The third kappa shape index (κ3) is 6.04. The average Bonchev–Trinajstić information content (AvgIpc) is 3.87. The first-order chi connectivity index (χ1) is 24.6. The summed E-state index contributed by atoms with van der Waals surface area (Å²) in [6.07, 6.45) is 6.79. The standard InChI is InChI=1S/C29H41B11FN9O3/c1-53-24(51)44-13-3-4-14(7-13)48-21-17(49(25(48)52)28(35,36)37)9-42-23-19(21)18(11-2-5-16-12(6-11)8-43-50(16)29(38,39)40)20(45-23)15-10-47(46-22(15)41)27(33,34)26(30,31)32/h2,5-6,8-10,13-14H,3-4,7,30-40H2,1H3,(H,42,45)(H,44,51)/t13-,14-/m1/s1. The Labute approximate surface area is 317 Å². The zero-order valence-electron chi connectivity index (χ0n) is 33.0. The highest BCUT2D eigenvalue weighted by Crippen LogP contribution is 2.44. The first-order valence-electron chi connectivity index (χ1n) is 18.4. The summed E-state index contributed by atoms with van der Waals surface area (Å²) in [6.45, 7) is 0. The number of nitrogens with one attached hydrogen (secondary N) is 2. The Kier molecular flexibility index (Phi) is 8.69. The number of carbonyl (C=O) groups excluding carboxylic acids is 1. The zero-order chi connectivity index (χ0) is 38.6. The molecule has 0 bridgehead atoms. The molecule has 5 aromatic heterocycles. The molecule has 260 valence electrons. The van der Waals surface area contributed by atoms with Gasteiger partial charge in [0.2, 0.25) is 5.95 Å². The molecule has 53 heavy (non-hydrogen) atoms. The second-order valence-electron chi connectivity index (χ2n) is 18.1. The Morgan fingerprint density at radius 3 is 2.36 bits per heavy atom. The Balaban J connectivity index is 1.57. The lowest BCUT2D eigenvalue weighted by molar-refractivity contribution is 0.166. The predicted molar refractivity (Wildman–Crippen MR) is 239 cm³/mol. The van der Waals surface area contributed by atoms with E-state index >= 15 is 4.39 Å². The molecule has 1 aromatic carbocycles. The molecule has 1 amide bonds. The van der Waals surface area contributed by atoms with Crippen LogP contribution in [0, 0.1) is 5.95 Å². The number of halogens is 1. The fourth-order valence-corrected chi connectivity index (χ4v) is 7.74. The molecule has 0 saturated heterocycles. The van der Waals surface area contributed by atoms with Crippen molar-refractivity contribution in [3.63, 3.8) is 0 Å². The third-order valence-electron chi connectivity index (χ3n) is 11.4. The van der Waals surface area contributed by atoms with Gasteiger partial charge in [-0.3, -0.25) is 13.9 Å². The Hall–Kier alpha value is -4.23. The van der Waals surface area contributed by atoms with Crippen molar-refractivity contribution in [1.82, 2.24) is 44.0 Å². The summed E-state index contributed by atoms with van der Waals surface area (Å²) in [4.78, 5) is 35.3. The highest BCUT2D eigenvalue weighted by atomic mass is 19.1. The van der Waals surface area contributed by atoms with Crippen molar-refractivity contribution in [2.75, 3.05) is 7.11 Å². The van der Waals surface area contributed by atoms with E-state index in [9.17, 15) is 9.59 Å². The summed E-state index contributed by atoms with van der Waals surface area (Å²) in [6, 6.07) is 5.79. The minimum atomic E-state index is -0.606. The number of pyridine rings is 1. The Morgan fingerprint density at radius 2 is 1.72 bits per heavy atom. The molecule has 1 saturated carbocycles. The number of hydrogen-bond acceptors (Lipinski definition) is 6. The van der Waals surface area contributed by atoms with Crippen molar-refractivity contribution >= 4 is 125 Å². The van der Waals surface area contributed by atoms with Crippen LogP contribution in [0.15, 0.2) is 41.6 Å². The first-order valence-corrected chi connectivity index (χ1v) is 18.4. The third-order valence-corrected chi connectivity index (χ3v) is 11.4. The number of carbonyl (C=O) groups is 1. The van der Waals surface area contributed by atoms with Gasteiger partial charge >= 0.3 is 11.8 Å². The molecule has 12 nitrogen and oxygen atoms in total. The van der Waals surface area contributed by atoms with Gasteiger partial charge in [0, 0.05) is 29.2 Å². The van der Waals surface area contributed by atoms with E-state index in [2.05, 4.69) is 90.3 Å². The largest absolute Gasteiger partial charge is 0.453 e. The number of aromatic nitrogens is 8. The van der Waals surface area contributed by atoms with E-state index in [1.165, 1.54) is 7.11 Å². The molecule has 7 rings (SSSR count). The number of amides is 1. The number of H-pyrrole nitrogens is 1. The number of benzene rings is 1. The van der Waals surface area contributed by atoms with E-state index in [4.69, 9.17) is 14.8 Å². The molecule has 6 aromatic rings. The fourth-order valence-electron chi connectivity index (χ4n) is 7.74. The number of hydrogen-bond donors (Lipinski definition) is 2. The quantitative estimate of drug-likeness (QED) is 0.152. The summed E-state index contributed by atoms with van der Waals surface area (Å²) in [5, 5.41) is 12.2. The van der Waals surface area contributed by atoms with Crippen LogP contribution in [0.3, 0.4) is 0 Å². The van der Waals surface area contributed by atoms with E-state index in [0.29, 0.717) is 52.6 Å². The van der Waals surface area contributed by atoms with E-state index < -0.39 is 22.6 Å². The number of imidazole rings is 1. The van der Waals surface area contributed by atoms with Crippen LogP contribution >= 0.6 is 0 Å². The molecular formula is C29H41B11FN9O3. The predicted octanol–water partition coefficient (Wildman–Crippen LogP) is -7.07. The van der Waals surface area contributed by atoms with Gasteiger partial charge in [0.05, 0.1) is 76.2 Å². The SMILES string of the molecule is BC(B)(B)n1ncc2cc(-c3c(-c4cn(C(B)(B)C(B)(B)B)nc4F)[nH]c4ncc5c(c34)n([C@@H]3CC[C@@H](NC(=O)OC)C3)c(=O)n5C(B)(B)B)ccc21. The molecule has 5 heterocycles. The molecule has 1 aliphatic rings. The van der Waals surface area contributed by atoms with Gasteiger partial charge in [0.1, 0.15) is 68.4 Å². The van der Waals surface area contributed by atoms with Crippen LogP contribution in [0.25, 0.3) is 55.4 Å². The van der Waals surface area contributed by atoms with Gasteiger partial charge in [0.15, 0.2) is 0 Å². The maximum absolute atomic E-state index is 16.4. The number of aromatic amines is 1. The van der Waals surface area contributed by atoms with E-state index in [-0.39, 0.29) is 28.1 Å². The smallest absolute Gasteiger partial charge is 0.407 e. The maximum atomic E-state index is 16.4. The molecule has 2 atom stereocenters. The van der Waals surface area contributed by atoms with Gasteiger partial charge in [-0.05, 0) is 52.8 Å². The monoisotopic (exact) mass is 703 g/mol. The zero-order valence-corrected chi connectivity index (χ0v) is 33.0. The Morgan fingerprint density at radius 1 is 1.00 bits per heavy atom. The van der Waals surface area contributed by atoms with Crippen LogP contribution < -0.4 is 11.0 Å². The number of alkyl carbamates (subject to hydrolysis) is 1. The van der Waals surface area contributed by atoms with Gasteiger partial charge in [0.25, 0.3) is 0 Å². The number of fused-ring (bicyclic) bond motifs is 4. The summed E-state index contributed by atoms with van der Waals surface area (Å²) in [5.41, 5.74) is 5.10. The summed E-state index contributed by atoms with van der Waals surface area (Å²) < 4.78 is 28.7. The first kappa shape index (κ1) is 37.1. The maximum Gasteiger partial charge on any atom is 0.407 e. The lowest BCUT2D eigenvalue weighted by Crippen LogP contribution is -2.48. The highest BCUT2D eigenvalue weighted by Gasteiger charge is 2.38. The average molecular weight is 702 g/mol. The summed E-state index contributed by atoms with van der Waals surface area (Å²) in [7, 11) is 24.1. The number of methoxy groups -OCH3 is 1. The minimum absolute atomic E-state index is 0.154. The van der Waals surface area contributed by atoms with Crippen LogP contribution in [0.4, 0.5) is 9.18 Å². The molecule has 0 unspecified atom stereocenters. The van der Waals surface area contributed by atoms with Gasteiger partial charge in [-0.1, -0.05) is 6.07 Å². The van der Waals surface area contributed by atoms with Crippen molar-refractivity contribution in [2.24, 2.45) is 0 Å². The normalized spacial score (nSPS) is 17.2.